The predicted molar refractivity (Wildman–Crippen MR) is 90.8 cm³/mol. The lowest BCUT2D eigenvalue weighted by molar-refractivity contribution is -0.157. The lowest BCUT2D eigenvalue weighted by atomic mass is 9.75. The highest BCUT2D eigenvalue weighted by Gasteiger charge is 2.54. The van der Waals surface area contributed by atoms with Gasteiger partial charge in [-0.15, -0.1) is 5.10 Å². The van der Waals surface area contributed by atoms with Gasteiger partial charge in [-0.2, -0.15) is 0 Å². The number of aromatic nitrogens is 3. The summed E-state index contributed by atoms with van der Waals surface area (Å²) < 4.78 is 6.95. The Kier molecular flexibility index (Phi) is 5.08. The number of aryl methyl sites for hydroxylation is 1. The number of hydrogen-bond donors (Lipinski definition) is 0. The second-order valence-corrected chi connectivity index (χ2v) is 7.00. The summed E-state index contributed by atoms with van der Waals surface area (Å²) in [6.45, 7) is 7.94. The van der Waals surface area contributed by atoms with Crippen LogP contribution in [-0.4, -0.2) is 75.8 Å². The summed E-state index contributed by atoms with van der Waals surface area (Å²) in [5.74, 6) is 0.0366. The molecule has 0 N–H and O–H groups in total. The summed E-state index contributed by atoms with van der Waals surface area (Å²) in [6, 6.07) is 0. The SMILES string of the molecule is CCOC(=O)[C@]12CCCN(C(=O)c3ncn(C)n3)C[C@H]1CN(CC)C2. The summed E-state index contributed by atoms with van der Waals surface area (Å²) in [5, 5.41) is 4.13. The molecule has 0 aromatic carbocycles. The highest BCUT2D eigenvalue weighted by molar-refractivity contribution is 5.90. The van der Waals surface area contributed by atoms with Crippen LogP contribution in [0.2, 0.25) is 0 Å². The maximum atomic E-state index is 12.8. The molecule has 3 heterocycles. The summed E-state index contributed by atoms with van der Waals surface area (Å²) in [4.78, 5) is 33.7. The first-order valence-electron chi connectivity index (χ1n) is 9.04. The number of nitrogens with zero attached hydrogens (tertiary/aromatic N) is 5. The molecule has 2 saturated heterocycles. The van der Waals surface area contributed by atoms with Crippen LogP contribution in [-0.2, 0) is 16.6 Å². The third-order valence-electron chi connectivity index (χ3n) is 5.46. The van der Waals surface area contributed by atoms with Gasteiger partial charge in [-0.1, -0.05) is 6.92 Å². The zero-order valence-corrected chi connectivity index (χ0v) is 15.3. The zero-order chi connectivity index (χ0) is 18.0. The first kappa shape index (κ1) is 17.8. The molecule has 8 heteroatoms. The molecule has 0 saturated carbocycles. The van der Waals surface area contributed by atoms with Crippen molar-refractivity contribution >= 4 is 11.9 Å². The summed E-state index contributed by atoms with van der Waals surface area (Å²) in [5.41, 5.74) is -0.501. The van der Waals surface area contributed by atoms with E-state index in [1.165, 1.54) is 11.0 Å². The van der Waals surface area contributed by atoms with Crippen molar-refractivity contribution in [2.24, 2.45) is 18.4 Å². The van der Waals surface area contributed by atoms with Gasteiger partial charge in [-0.25, -0.2) is 4.98 Å². The largest absolute Gasteiger partial charge is 0.466 e. The Hall–Kier alpha value is -1.96. The zero-order valence-electron chi connectivity index (χ0n) is 15.3. The van der Waals surface area contributed by atoms with E-state index in [4.69, 9.17) is 4.74 Å². The monoisotopic (exact) mass is 349 g/mol. The van der Waals surface area contributed by atoms with E-state index in [9.17, 15) is 9.59 Å². The van der Waals surface area contributed by atoms with Gasteiger partial charge in [0, 0.05) is 39.1 Å². The van der Waals surface area contributed by atoms with Gasteiger partial charge < -0.3 is 14.5 Å². The molecule has 25 heavy (non-hydrogen) atoms. The van der Waals surface area contributed by atoms with Crippen LogP contribution in [0.15, 0.2) is 6.33 Å². The number of fused-ring (bicyclic) bond motifs is 1. The Bertz CT molecular complexity index is 646. The van der Waals surface area contributed by atoms with Crippen LogP contribution in [0.3, 0.4) is 0 Å². The third kappa shape index (κ3) is 3.27. The van der Waals surface area contributed by atoms with E-state index < -0.39 is 5.41 Å². The van der Waals surface area contributed by atoms with E-state index in [0.29, 0.717) is 19.7 Å². The summed E-state index contributed by atoms with van der Waals surface area (Å²) in [6.07, 6.45) is 3.07. The number of hydrogen-bond acceptors (Lipinski definition) is 6. The minimum atomic E-state index is -0.501. The number of carbonyl (C=O) groups is 2. The van der Waals surface area contributed by atoms with Gasteiger partial charge in [0.15, 0.2) is 0 Å². The summed E-state index contributed by atoms with van der Waals surface area (Å²) in [7, 11) is 1.74. The van der Waals surface area contributed by atoms with Crippen LogP contribution in [0.25, 0.3) is 0 Å². The molecule has 2 atom stereocenters. The second kappa shape index (κ2) is 7.11. The Labute approximate surface area is 148 Å². The van der Waals surface area contributed by atoms with Crippen molar-refractivity contribution in [2.75, 3.05) is 39.3 Å². The smallest absolute Gasteiger partial charge is 0.313 e. The molecule has 8 nitrogen and oxygen atoms in total. The molecule has 0 radical (unpaired) electrons. The van der Waals surface area contributed by atoms with Crippen molar-refractivity contribution in [1.82, 2.24) is 24.6 Å². The van der Waals surface area contributed by atoms with Crippen LogP contribution in [0.4, 0.5) is 0 Å². The van der Waals surface area contributed by atoms with E-state index in [1.54, 1.807) is 11.9 Å². The first-order valence-corrected chi connectivity index (χ1v) is 9.04. The molecule has 3 rings (SSSR count). The number of esters is 1. The van der Waals surface area contributed by atoms with Gasteiger partial charge in [0.2, 0.25) is 5.82 Å². The molecular weight excluding hydrogens is 322 g/mol. The average Bonchev–Trinajstić information content (AvgIpc) is 3.13. The lowest BCUT2D eigenvalue weighted by Gasteiger charge is -2.31. The fourth-order valence-corrected chi connectivity index (χ4v) is 4.15. The van der Waals surface area contributed by atoms with Crippen molar-refractivity contribution in [1.29, 1.82) is 0 Å². The summed E-state index contributed by atoms with van der Waals surface area (Å²) >= 11 is 0. The topological polar surface area (TPSA) is 80.6 Å². The third-order valence-corrected chi connectivity index (χ3v) is 5.46. The van der Waals surface area contributed by atoms with E-state index in [1.807, 2.05) is 6.92 Å². The fraction of sp³-hybridized carbons (Fsp3) is 0.765. The van der Waals surface area contributed by atoms with Gasteiger partial charge in [-0.05, 0) is 26.3 Å². The fourth-order valence-electron chi connectivity index (χ4n) is 4.15. The van der Waals surface area contributed by atoms with E-state index >= 15 is 0 Å². The average molecular weight is 349 g/mol. The number of amides is 1. The highest BCUT2D eigenvalue weighted by Crippen LogP contribution is 2.43. The van der Waals surface area contributed by atoms with Crippen LogP contribution < -0.4 is 0 Å². The van der Waals surface area contributed by atoms with Crippen LogP contribution in [0.5, 0.6) is 0 Å². The van der Waals surface area contributed by atoms with Crippen molar-refractivity contribution in [3.05, 3.63) is 12.2 Å². The Morgan fingerprint density at radius 1 is 1.36 bits per heavy atom. The normalized spacial score (nSPS) is 27.0. The standard InChI is InChI=1S/C17H27N5O3/c1-4-21-9-13-10-22(15(23)14-18-12-20(3)19-14)8-6-7-17(13,11-21)16(24)25-5-2/h12-13H,4-11H2,1-3H3/t13-,17+/m1/s1. The number of likely N-dealkylation sites (tertiary alicyclic amines) is 2. The van der Waals surface area contributed by atoms with Gasteiger partial charge in [0.1, 0.15) is 6.33 Å². The molecule has 0 bridgehead atoms. The maximum absolute atomic E-state index is 12.8. The molecule has 1 aromatic rings. The van der Waals surface area contributed by atoms with E-state index in [-0.39, 0.29) is 23.6 Å². The molecule has 0 unspecified atom stereocenters. The number of ether oxygens (including phenoxy) is 1. The lowest BCUT2D eigenvalue weighted by Crippen LogP contribution is -2.43. The second-order valence-electron chi connectivity index (χ2n) is 7.00. The molecule has 2 fully saturated rings. The molecule has 0 spiro atoms. The molecule has 1 amide bonds. The molecule has 2 aliphatic rings. The highest BCUT2D eigenvalue weighted by atomic mass is 16.5. The van der Waals surface area contributed by atoms with Crippen molar-refractivity contribution in [3.8, 4) is 0 Å². The molecule has 0 aliphatic carbocycles. The van der Waals surface area contributed by atoms with Gasteiger partial charge in [0.05, 0.1) is 12.0 Å². The quantitative estimate of drug-likeness (QED) is 0.739. The van der Waals surface area contributed by atoms with Gasteiger partial charge in [0.25, 0.3) is 5.91 Å². The number of rotatable bonds is 4. The Morgan fingerprint density at radius 3 is 2.80 bits per heavy atom. The maximum Gasteiger partial charge on any atom is 0.313 e. The molecule has 2 aliphatic heterocycles. The van der Waals surface area contributed by atoms with E-state index in [2.05, 4.69) is 21.9 Å². The Morgan fingerprint density at radius 2 is 2.16 bits per heavy atom. The Balaban J connectivity index is 1.83. The van der Waals surface area contributed by atoms with Crippen LogP contribution >= 0.6 is 0 Å². The molecule has 138 valence electrons. The van der Waals surface area contributed by atoms with Crippen molar-refractivity contribution in [2.45, 2.75) is 26.7 Å². The first-order chi connectivity index (χ1) is 12.0. The minimum Gasteiger partial charge on any atom is -0.466 e. The van der Waals surface area contributed by atoms with Gasteiger partial charge >= 0.3 is 5.97 Å². The molecule has 1 aromatic heterocycles. The molecular formula is C17H27N5O3. The van der Waals surface area contributed by atoms with Crippen LogP contribution in [0, 0.1) is 11.3 Å². The van der Waals surface area contributed by atoms with Crippen molar-refractivity contribution < 1.29 is 14.3 Å². The van der Waals surface area contributed by atoms with Gasteiger partial charge in [-0.3, -0.25) is 14.3 Å². The van der Waals surface area contributed by atoms with Crippen LogP contribution in [0.1, 0.15) is 37.3 Å². The van der Waals surface area contributed by atoms with Crippen molar-refractivity contribution in [3.63, 3.8) is 0 Å². The predicted octanol–water partition coefficient (Wildman–Crippen LogP) is 0.552. The number of carbonyl (C=O) groups excluding carboxylic acids is 2. The van der Waals surface area contributed by atoms with E-state index in [0.717, 1.165) is 32.5 Å². The minimum absolute atomic E-state index is 0.0849.